The number of primary amides is 1. The van der Waals surface area contributed by atoms with E-state index in [0.717, 1.165) is 25.9 Å². The second-order valence-electron chi connectivity index (χ2n) is 4.76. The number of nitrogens with zero attached hydrogens (tertiary/aromatic N) is 1. The average molecular weight is 229 g/mol. The van der Waals surface area contributed by atoms with Gasteiger partial charge in [-0.25, -0.2) is 0 Å². The number of nitrogens with two attached hydrogens (primary N) is 1. The van der Waals surface area contributed by atoms with Gasteiger partial charge < -0.3 is 21.1 Å². The minimum Gasteiger partial charge on any atom is -0.382 e. The van der Waals surface area contributed by atoms with Crippen LogP contribution >= 0.6 is 0 Å². The zero-order valence-electron chi connectivity index (χ0n) is 10.1. The highest BCUT2D eigenvalue weighted by atomic mass is 16.3. The van der Waals surface area contributed by atoms with Gasteiger partial charge in [-0.05, 0) is 45.8 Å². The molecule has 1 rings (SSSR count). The third kappa shape index (κ3) is 4.08. The van der Waals surface area contributed by atoms with Crippen molar-refractivity contribution in [2.24, 2.45) is 11.7 Å². The number of rotatable bonds is 5. The van der Waals surface area contributed by atoms with Crippen LogP contribution in [0.4, 0.5) is 0 Å². The van der Waals surface area contributed by atoms with Gasteiger partial charge in [0.2, 0.25) is 5.91 Å². The van der Waals surface area contributed by atoms with Crippen molar-refractivity contribution >= 4 is 5.91 Å². The van der Waals surface area contributed by atoms with E-state index in [4.69, 9.17) is 5.73 Å². The zero-order chi connectivity index (χ0) is 12.1. The van der Waals surface area contributed by atoms with E-state index < -0.39 is 12.0 Å². The Labute approximate surface area is 97.0 Å². The molecular formula is C11H23N3O2. The fraction of sp³-hybridized carbons (Fsp3) is 0.909. The lowest BCUT2D eigenvalue weighted by atomic mass is 9.90. The van der Waals surface area contributed by atoms with E-state index in [0.29, 0.717) is 12.0 Å². The maximum absolute atomic E-state index is 10.7. The highest BCUT2D eigenvalue weighted by molar-refractivity contribution is 5.78. The van der Waals surface area contributed by atoms with Crippen LogP contribution in [0.15, 0.2) is 0 Å². The summed E-state index contributed by atoms with van der Waals surface area (Å²) in [6, 6.07) is 0.322. The van der Waals surface area contributed by atoms with Crippen molar-refractivity contribution in [2.75, 3.05) is 26.7 Å². The molecule has 1 aliphatic rings. The summed E-state index contributed by atoms with van der Waals surface area (Å²) in [5, 5.41) is 12.4. The first-order chi connectivity index (χ1) is 7.50. The van der Waals surface area contributed by atoms with Crippen molar-refractivity contribution in [1.82, 2.24) is 10.2 Å². The summed E-state index contributed by atoms with van der Waals surface area (Å²) < 4.78 is 0. The molecule has 0 radical (unpaired) electrons. The Balaban J connectivity index is 2.24. The van der Waals surface area contributed by atoms with E-state index in [2.05, 4.69) is 24.2 Å². The molecule has 2 atom stereocenters. The van der Waals surface area contributed by atoms with Crippen LogP contribution in [-0.4, -0.2) is 54.7 Å². The molecule has 0 aromatic carbocycles. The molecule has 0 bridgehead atoms. The molecule has 0 saturated carbocycles. The summed E-state index contributed by atoms with van der Waals surface area (Å²) in [6.07, 6.45) is 1.25. The second-order valence-corrected chi connectivity index (χ2v) is 4.76. The highest BCUT2D eigenvalue weighted by Crippen LogP contribution is 2.19. The summed E-state index contributed by atoms with van der Waals surface area (Å²) in [5.74, 6) is -0.0423. The second kappa shape index (κ2) is 6.18. The molecule has 94 valence electrons. The van der Waals surface area contributed by atoms with Crippen LogP contribution in [0.5, 0.6) is 0 Å². The lowest BCUT2D eigenvalue weighted by molar-refractivity contribution is -0.125. The first-order valence-electron chi connectivity index (χ1n) is 5.90. The molecule has 0 aromatic rings. The maximum Gasteiger partial charge on any atom is 0.247 e. The van der Waals surface area contributed by atoms with E-state index in [1.165, 1.54) is 0 Å². The molecule has 0 aromatic heterocycles. The van der Waals surface area contributed by atoms with Gasteiger partial charge in [-0.1, -0.05) is 0 Å². The highest BCUT2D eigenvalue weighted by Gasteiger charge is 2.22. The van der Waals surface area contributed by atoms with Gasteiger partial charge in [0, 0.05) is 12.6 Å². The maximum atomic E-state index is 10.7. The van der Waals surface area contributed by atoms with Crippen LogP contribution in [0.25, 0.3) is 0 Å². The first-order valence-corrected chi connectivity index (χ1v) is 5.90. The van der Waals surface area contributed by atoms with E-state index in [-0.39, 0.29) is 6.54 Å². The summed E-state index contributed by atoms with van der Waals surface area (Å²) in [6.45, 7) is 4.59. The molecule has 5 nitrogen and oxygen atoms in total. The summed E-state index contributed by atoms with van der Waals surface area (Å²) in [7, 11) is 2.13. The standard InChI is InChI=1S/C11H23N3O2/c1-8(13-7-10(15)11(12)16)9-3-5-14(2)6-4-9/h8-10,13,15H,3-7H2,1-2H3,(H2,12,16). The van der Waals surface area contributed by atoms with Crippen molar-refractivity contribution in [3.8, 4) is 0 Å². The molecule has 4 N–H and O–H groups in total. The molecule has 0 spiro atoms. The van der Waals surface area contributed by atoms with Crippen LogP contribution in [0.1, 0.15) is 19.8 Å². The molecular weight excluding hydrogens is 206 g/mol. The largest absolute Gasteiger partial charge is 0.382 e. The quantitative estimate of drug-likeness (QED) is 0.574. The van der Waals surface area contributed by atoms with E-state index in [1.54, 1.807) is 0 Å². The summed E-state index contributed by atoms with van der Waals surface area (Å²) in [5.41, 5.74) is 4.98. The number of carbonyl (C=O) groups excluding carboxylic acids is 1. The van der Waals surface area contributed by atoms with Crippen LogP contribution in [0, 0.1) is 5.92 Å². The Morgan fingerprint density at radius 2 is 2.12 bits per heavy atom. The van der Waals surface area contributed by atoms with Gasteiger partial charge in [0.25, 0.3) is 0 Å². The summed E-state index contributed by atoms with van der Waals surface area (Å²) in [4.78, 5) is 13.0. The lowest BCUT2D eigenvalue weighted by Gasteiger charge is -2.33. The third-order valence-corrected chi connectivity index (χ3v) is 3.43. The Morgan fingerprint density at radius 3 is 2.62 bits per heavy atom. The molecule has 1 amide bonds. The predicted molar refractivity (Wildman–Crippen MR) is 62.9 cm³/mol. The minimum atomic E-state index is -1.08. The van der Waals surface area contributed by atoms with Crippen LogP contribution in [0.2, 0.25) is 0 Å². The fourth-order valence-corrected chi connectivity index (χ4v) is 2.09. The molecule has 0 aliphatic carbocycles. The van der Waals surface area contributed by atoms with Crippen LogP contribution in [0.3, 0.4) is 0 Å². The molecule has 2 unspecified atom stereocenters. The van der Waals surface area contributed by atoms with Gasteiger partial charge in [0.05, 0.1) is 0 Å². The summed E-state index contributed by atoms with van der Waals surface area (Å²) >= 11 is 0. The Bertz CT molecular complexity index is 227. The Morgan fingerprint density at radius 1 is 1.56 bits per heavy atom. The van der Waals surface area contributed by atoms with Gasteiger partial charge in [-0.3, -0.25) is 4.79 Å². The number of hydrogen-bond donors (Lipinski definition) is 3. The van der Waals surface area contributed by atoms with Gasteiger partial charge in [0.15, 0.2) is 0 Å². The fourth-order valence-electron chi connectivity index (χ4n) is 2.09. The number of aliphatic hydroxyl groups excluding tert-OH is 1. The monoisotopic (exact) mass is 229 g/mol. The molecule has 16 heavy (non-hydrogen) atoms. The van der Waals surface area contributed by atoms with Crippen molar-refractivity contribution in [3.63, 3.8) is 0 Å². The normalized spacial score (nSPS) is 22.9. The number of likely N-dealkylation sites (tertiary alicyclic amines) is 1. The van der Waals surface area contributed by atoms with Crippen molar-refractivity contribution in [3.05, 3.63) is 0 Å². The first kappa shape index (κ1) is 13.4. The number of aliphatic hydroxyl groups is 1. The Hall–Kier alpha value is -0.650. The van der Waals surface area contributed by atoms with E-state index >= 15 is 0 Å². The van der Waals surface area contributed by atoms with Gasteiger partial charge >= 0.3 is 0 Å². The molecule has 1 heterocycles. The Kier molecular flexibility index (Phi) is 5.18. The molecule has 1 aliphatic heterocycles. The predicted octanol–water partition coefficient (Wildman–Crippen LogP) is -0.847. The average Bonchev–Trinajstić information content (AvgIpc) is 2.26. The van der Waals surface area contributed by atoms with Crippen LogP contribution in [-0.2, 0) is 4.79 Å². The van der Waals surface area contributed by atoms with Gasteiger partial charge in [0.1, 0.15) is 6.10 Å². The van der Waals surface area contributed by atoms with E-state index in [1.807, 2.05) is 0 Å². The topological polar surface area (TPSA) is 78.6 Å². The molecule has 1 fully saturated rings. The lowest BCUT2D eigenvalue weighted by Crippen LogP contribution is -2.45. The minimum absolute atomic E-state index is 0.253. The van der Waals surface area contributed by atoms with Crippen molar-refractivity contribution in [2.45, 2.75) is 31.9 Å². The van der Waals surface area contributed by atoms with Crippen molar-refractivity contribution < 1.29 is 9.90 Å². The number of piperidine rings is 1. The number of hydrogen-bond acceptors (Lipinski definition) is 4. The van der Waals surface area contributed by atoms with Crippen LogP contribution < -0.4 is 11.1 Å². The van der Waals surface area contributed by atoms with Gasteiger partial charge in [-0.2, -0.15) is 0 Å². The molecule has 5 heteroatoms. The zero-order valence-corrected chi connectivity index (χ0v) is 10.1. The number of nitrogens with one attached hydrogen (secondary N) is 1. The van der Waals surface area contributed by atoms with Gasteiger partial charge in [-0.15, -0.1) is 0 Å². The van der Waals surface area contributed by atoms with Crippen molar-refractivity contribution in [1.29, 1.82) is 0 Å². The van der Waals surface area contributed by atoms with E-state index in [9.17, 15) is 9.90 Å². The third-order valence-electron chi connectivity index (χ3n) is 3.43. The SMILES string of the molecule is CC(NCC(O)C(N)=O)C1CCN(C)CC1. The number of carbonyl (C=O) groups is 1. The molecule has 1 saturated heterocycles. The smallest absolute Gasteiger partial charge is 0.247 e. The number of amides is 1.